The van der Waals surface area contributed by atoms with Crippen LogP contribution in [0.1, 0.15) is 37.0 Å². The van der Waals surface area contributed by atoms with Crippen LogP contribution in [0.15, 0.2) is 24.3 Å². The number of benzene rings is 1. The molecule has 1 N–H and O–H groups in total. The maximum atomic E-state index is 12.8. The number of fused-ring (bicyclic) bond motifs is 3. The molecule has 7 nitrogen and oxygen atoms in total. The van der Waals surface area contributed by atoms with Crippen LogP contribution >= 0.6 is 22.9 Å². The van der Waals surface area contributed by atoms with Crippen molar-refractivity contribution in [2.24, 2.45) is 5.92 Å². The van der Waals surface area contributed by atoms with Gasteiger partial charge >= 0.3 is 6.03 Å². The molecule has 0 spiro atoms. The number of anilines is 2. The van der Waals surface area contributed by atoms with Crippen LogP contribution in [0.5, 0.6) is 0 Å². The van der Waals surface area contributed by atoms with Gasteiger partial charge in [0, 0.05) is 61.3 Å². The van der Waals surface area contributed by atoms with E-state index in [0.717, 1.165) is 62.0 Å². The molecular weight excluding hydrogens is 480 g/mol. The molecule has 1 aromatic carbocycles. The fourth-order valence-corrected chi connectivity index (χ4v) is 6.38. The lowest BCUT2D eigenvalue weighted by Crippen LogP contribution is -2.50. The van der Waals surface area contributed by atoms with Crippen molar-refractivity contribution in [2.75, 3.05) is 49.5 Å². The Balaban J connectivity index is 1.38. The van der Waals surface area contributed by atoms with Gasteiger partial charge < -0.3 is 15.1 Å². The van der Waals surface area contributed by atoms with E-state index in [-0.39, 0.29) is 6.03 Å². The first-order valence-corrected chi connectivity index (χ1v) is 13.7. The van der Waals surface area contributed by atoms with E-state index in [2.05, 4.69) is 35.9 Å². The first kappa shape index (κ1) is 24.3. The molecule has 3 aromatic rings. The van der Waals surface area contributed by atoms with Crippen LogP contribution < -0.4 is 10.2 Å². The van der Waals surface area contributed by atoms with E-state index in [1.54, 1.807) is 12.1 Å². The minimum Gasteiger partial charge on any atom is -0.352 e. The molecule has 1 fully saturated rings. The zero-order valence-electron chi connectivity index (χ0n) is 20.7. The van der Waals surface area contributed by atoms with Gasteiger partial charge in [0.05, 0.1) is 5.39 Å². The fourth-order valence-electron chi connectivity index (χ4n) is 4.92. The highest BCUT2D eigenvalue weighted by molar-refractivity contribution is 7.19. The SMILES string of the molecule is CCN1CCc2c(sc3nc(CC(C)C)nc(N4CCN(C(=O)Nc5cccc(Cl)c5)CC4)c23)C1. The summed E-state index contributed by atoms with van der Waals surface area (Å²) in [6, 6.07) is 7.17. The normalized spacial score (nSPS) is 16.7. The predicted molar refractivity (Wildman–Crippen MR) is 145 cm³/mol. The van der Waals surface area contributed by atoms with E-state index in [9.17, 15) is 4.79 Å². The molecule has 2 amide bonds. The molecule has 186 valence electrons. The Hall–Kier alpha value is -2.42. The highest BCUT2D eigenvalue weighted by atomic mass is 35.5. The van der Waals surface area contributed by atoms with Crippen molar-refractivity contribution in [2.45, 2.75) is 40.2 Å². The Morgan fingerprint density at radius 3 is 2.69 bits per heavy atom. The molecule has 0 unspecified atom stereocenters. The van der Waals surface area contributed by atoms with Gasteiger partial charge in [-0.1, -0.05) is 38.4 Å². The van der Waals surface area contributed by atoms with Crippen molar-refractivity contribution < 1.29 is 4.79 Å². The molecule has 0 bridgehead atoms. The van der Waals surface area contributed by atoms with Crippen LogP contribution in [0.4, 0.5) is 16.3 Å². The molecule has 4 heterocycles. The zero-order chi connectivity index (χ0) is 24.5. The van der Waals surface area contributed by atoms with Crippen molar-refractivity contribution in [1.29, 1.82) is 0 Å². The molecule has 0 saturated carbocycles. The van der Waals surface area contributed by atoms with Crippen molar-refractivity contribution in [3.8, 4) is 0 Å². The minimum atomic E-state index is -0.0900. The van der Waals surface area contributed by atoms with Gasteiger partial charge in [0.1, 0.15) is 16.5 Å². The molecule has 2 aliphatic rings. The Morgan fingerprint density at radius 1 is 1.17 bits per heavy atom. The van der Waals surface area contributed by atoms with E-state index in [1.165, 1.54) is 15.8 Å². The van der Waals surface area contributed by atoms with E-state index in [0.29, 0.717) is 29.7 Å². The second kappa shape index (κ2) is 10.3. The first-order chi connectivity index (χ1) is 16.9. The number of thiophene rings is 1. The second-order valence-corrected chi connectivity index (χ2v) is 11.3. The lowest BCUT2D eigenvalue weighted by atomic mass is 10.0. The summed E-state index contributed by atoms with van der Waals surface area (Å²) < 4.78 is 0. The predicted octanol–water partition coefficient (Wildman–Crippen LogP) is 5.28. The van der Waals surface area contributed by atoms with E-state index >= 15 is 0 Å². The number of urea groups is 1. The van der Waals surface area contributed by atoms with Gasteiger partial charge in [0.2, 0.25) is 0 Å². The summed E-state index contributed by atoms with van der Waals surface area (Å²) in [6.45, 7) is 12.6. The largest absolute Gasteiger partial charge is 0.352 e. The molecule has 35 heavy (non-hydrogen) atoms. The first-order valence-electron chi connectivity index (χ1n) is 12.5. The number of hydrogen-bond acceptors (Lipinski definition) is 6. The lowest BCUT2D eigenvalue weighted by molar-refractivity contribution is 0.208. The number of amides is 2. The summed E-state index contributed by atoms with van der Waals surface area (Å²) in [5.41, 5.74) is 2.15. The summed E-state index contributed by atoms with van der Waals surface area (Å²) in [7, 11) is 0. The summed E-state index contributed by atoms with van der Waals surface area (Å²) in [6.07, 6.45) is 1.92. The van der Waals surface area contributed by atoms with Crippen molar-refractivity contribution in [3.05, 3.63) is 45.6 Å². The number of rotatable bonds is 5. The molecule has 2 aromatic heterocycles. The van der Waals surface area contributed by atoms with Crippen LogP contribution in [0.2, 0.25) is 5.02 Å². The number of hydrogen-bond donors (Lipinski definition) is 1. The third-order valence-electron chi connectivity index (χ3n) is 6.79. The summed E-state index contributed by atoms with van der Waals surface area (Å²) >= 11 is 7.91. The molecule has 0 aliphatic carbocycles. The van der Waals surface area contributed by atoms with Crippen LogP contribution in [0.3, 0.4) is 0 Å². The zero-order valence-corrected chi connectivity index (χ0v) is 22.3. The van der Waals surface area contributed by atoms with Gasteiger partial charge in [-0.2, -0.15) is 0 Å². The third-order valence-corrected chi connectivity index (χ3v) is 8.13. The van der Waals surface area contributed by atoms with Crippen molar-refractivity contribution in [3.63, 3.8) is 0 Å². The van der Waals surface area contributed by atoms with Gasteiger partial charge in [0.15, 0.2) is 0 Å². The Bertz CT molecular complexity index is 1220. The highest BCUT2D eigenvalue weighted by Crippen LogP contribution is 2.39. The number of aromatic nitrogens is 2. The Labute approximate surface area is 216 Å². The maximum Gasteiger partial charge on any atom is 0.321 e. The summed E-state index contributed by atoms with van der Waals surface area (Å²) in [5, 5.41) is 4.82. The van der Waals surface area contributed by atoms with Crippen LogP contribution in [0, 0.1) is 5.92 Å². The molecule has 1 saturated heterocycles. The smallest absolute Gasteiger partial charge is 0.321 e. The van der Waals surface area contributed by atoms with Crippen molar-refractivity contribution in [1.82, 2.24) is 19.8 Å². The molecule has 2 aliphatic heterocycles. The average Bonchev–Trinajstić information content (AvgIpc) is 3.20. The van der Waals surface area contributed by atoms with E-state index in [1.807, 2.05) is 28.4 Å². The summed E-state index contributed by atoms with van der Waals surface area (Å²) in [5.74, 6) is 2.48. The van der Waals surface area contributed by atoms with Crippen LogP contribution in [-0.2, 0) is 19.4 Å². The van der Waals surface area contributed by atoms with Gasteiger partial charge in [-0.25, -0.2) is 14.8 Å². The number of carbonyl (C=O) groups is 1. The van der Waals surface area contributed by atoms with Crippen LogP contribution in [-0.4, -0.2) is 65.1 Å². The number of halogens is 1. The minimum absolute atomic E-state index is 0.0900. The number of nitrogens with one attached hydrogen (secondary N) is 1. The number of nitrogens with zero attached hydrogens (tertiary/aromatic N) is 5. The molecule has 0 atom stereocenters. The van der Waals surface area contributed by atoms with Gasteiger partial charge in [-0.15, -0.1) is 11.3 Å². The van der Waals surface area contributed by atoms with E-state index < -0.39 is 0 Å². The second-order valence-electron chi connectivity index (χ2n) is 9.78. The molecule has 9 heteroatoms. The molecular formula is C26H33ClN6OS. The standard InChI is InChI=1S/C26H33ClN6OS/c1-4-31-9-8-20-21(16-31)35-25-23(20)24(29-22(30-25)14-17(2)3)32-10-12-33(13-11-32)26(34)28-19-7-5-6-18(27)15-19/h5-7,15,17H,4,8-14,16H2,1-3H3,(H,28,34). The van der Waals surface area contributed by atoms with Gasteiger partial charge in [-0.3, -0.25) is 4.90 Å². The molecule has 5 rings (SSSR count). The fraction of sp³-hybridized carbons (Fsp3) is 0.500. The van der Waals surface area contributed by atoms with Gasteiger partial charge in [0.25, 0.3) is 0 Å². The lowest BCUT2D eigenvalue weighted by Gasteiger charge is -2.36. The molecule has 0 radical (unpaired) electrons. The quantitative estimate of drug-likeness (QED) is 0.504. The third kappa shape index (κ3) is 5.25. The maximum absolute atomic E-state index is 12.8. The van der Waals surface area contributed by atoms with Crippen molar-refractivity contribution >= 4 is 50.7 Å². The number of likely N-dealkylation sites (N-methyl/N-ethyl adjacent to an activating group) is 1. The Morgan fingerprint density at radius 2 is 1.97 bits per heavy atom. The number of piperazine rings is 1. The average molecular weight is 513 g/mol. The monoisotopic (exact) mass is 512 g/mol. The van der Waals surface area contributed by atoms with Gasteiger partial charge in [-0.05, 0) is 42.6 Å². The number of carbonyl (C=O) groups excluding carboxylic acids is 1. The van der Waals surface area contributed by atoms with Crippen LogP contribution in [0.25, 0.3) is 10.2 Å². The highest BCUT2D eigenvalue weighted by Gasteiger charge is 2.28. The topological polar surface area (TPSA) is 64.6 Å². The summed E-state index contributed by atoms with van der Waals surface area (Å²) in [4.78, 5) is 32.2. The Kier molecular flexibility index (Phi) is 7.14. The van der Waals surface area contributed by atoms with E-state index in [4.69, 9.17) is 21.6 Å².